The van der Waals surface area contributed by atoms with Gasteiger partial charge in [0.15, 0.2) is 15.8 Å². The molecule has 47 heavy (non-hydrogen) atoms. The van der Waals surface area contributed by atoms with Gasteiger partial charge in [0.2, 0.25) is 5.13 Å². The van der Waals surface area contributed by atoms with Gasteiger partial charge in [0.25, 0.3) is 5.78 Å². The highest BCUT2D eigenvalue weighted by Crippen LogP contribution is 2.45. The van der Waals surface area contributed by atoms with Crippen molar-refractivity contribution in [2.75, 3.05) is 18.1 Å². The molecule has 5 aromatic rings. The fourth-order valence-corrected chi connectivity index (χ4v) is 7.11. The van der Waals surface area contributed by atoms with E-state index in [0.29, 0.717) is 58.3 Å². The first-order valence-electron chi connectivity index (χ1n) is 14.6. The number of ether oxygens (including phenoxy) is 3. The summed E-state index contributed by atoms with van der Waals surface area (Å²) in [5.74, 6) is -0.435. The Bertz CT molecular complexity index is 1980. The number of hydrogen-bond acceptors (Lipinski definition) is 10. The van der Waals surface area contributed by atoms with Crippen molar-refractivity contribution in [3.05, 3.63) is 131 Å². The van der Waals surface area contributed by atoms with Crippen LogP contribution >= 0.6 is 23.1 Å². The number of carbonyl (C=O) groups is 2. The predicted octanol–water partition coefficient (Wildman–Crippen LogP) is 6.95. The maximum Gasteiger partial charge on any atom is 0.301 e. The highest BCUT2D eigenvalue weighted by Gasteiger charge is 2.48. The SMILES string of the molecule is O=C1C(=O)N(c2nnc(SCc3ccc(F)cc3)s2)[C@H](c2cccc(OCc3ccccc3)c2)/C1=C(\O)c1ccc2c(c1)OCCO2. The van der Waals surface area contributed by atoms with E-state index in [1.165, 1.54) is 28.8 Å². The largest absolute Gasteiger partial charge is 0.507 e. The molecule has 9 nitrogen and oxygen atoms in total. The van der Waals surface area contributed by atoms with Crippen molar-refractivity contribution >= 4 is 45.7 Å². The summed E-state index contributed by atoms with van der Waals surface area (Å²) in [5, 5.41) is 20.4. The molecule has 0 bridgehead atoms. The molecule has 1 aromatic heterocycles. The number of aliphatic hydroxyl groups is 1. The molecule has 2 aliphatic rings. The first kappa shape index (κ1) is 30.5. The maximum absolute atomic E-state index is 13.7. The number of thioether (sulfide) groups is 1. The van der Waals surface area contributed by atoms with Gasteiger partial charge in [0.05, 0.1) is 11.6 Å². The Hall–Kier alpha value is -5.20. The molecule has 1 atom stereocenters. The number of anilines is 1. The zero-order valence-corrected chi connectivity index (χ0v) is 26.3. The molecule has 12 heteroatoms. The topological polar surface area (TPSA) is 111 Å². The van der Waals surface area contributed by atoms with Crippen LogP contribution in [0.4, 0.5) is 9.52 Å². The molecular formula is C35H26FN3O6S2. The molecule has 0 saturated carbocycles. The second-order valence-electron chi connectivity index (χ2n) is 10.6. The van der Waals surface area contributed by atoms with Crippen LogP contribution in [0.25, 0.3) is 5.76 Å². The zero-order valence-electron chi connectivity index (χ0n) is 24.7. The van der Waals surface area contributed by atoms with E-state index in [-0.39, 0.29) is 22.3 Å². The van der Waals surface area contributed by atoms with Gasteiger partial charge < -0.3 is 19.3 Å². The monoisotopic (exact) mass is 667 g/mol. The van der Waals surface area contributed by atoms with Crippen molar-refractivity contribution in [2.24, 2.45) is 0 Å². The number of rotatable bonds is 9. The number of hydrogen-bond donors (Lipinski definition) is 1. The number of aromatic nitrogens is 2. The average Bonchev–Trinajstić information content (AvgIpc) is 3.68. The lowest BCUT2D eigenvalue weighted by atomic mass is 9.95. The third-order valence-corrected chi connectivity index (χ3v) is 9.69. The molecule has 7 rings (SSSR count). The number of Topliss-reactive ketones (excluding diaryl/α,β-unsaturated/α-hetero) is 1. The molecule has 2 aliphatic heterocycles. The summed E-state index contributed by atoms with van der Waals surface area (Å²) in [7, 11) is 0. The van der Waals surface area contributed by atoms with E-state index in [1.807, 2.05) is 30.3 Å². The Kier molecular flexibility index (Phi) is 8.60. The molecule has 4 aromatic carbocycles. The lowest BCUT2D eigenvalue weighted by molar-refractivity contribution is -0.132. The van der Waals surface area contributed by atoms with Crippen LogP contribution in [0.2, 0.25) is 0 Å². The molecule has 0 unspecified atom stereocenters. The summed E-state index contributed by atoms with van der Waals surface area (Å²) in [6, 6.07) is 26.7. The first-order chi connectivity index (χ1) is 22.9. The highest BCUT2D eigenvalue weighted by atomic mass is 32.2. The summed E-state index contributed by atoms with van der Waals surface area (Å²) < 4.78 is 31.3. The van der Waals surface area contributed by atoms with Crippen molar-refractivity contribution in [3.63, 3.8) is 0 Å². The van der Waals surface area contributed by atoms with E-state index in [1.54, 1.807) is 54.6 Å². The Morgan fingerprint density at radius 1 is 0.915 bits per heavy atom. The molecule has 3 heterocycles. The van der Waals surface area contributed by atoms with Gasteiger partial charge in [-0.2, -0.15) is 0 Å². The van der Waals surface area contributed by atoms with Crippen LogP contribution in [0.1, 0.15) is 28.3 Å². The number of nitrogens with zero attached hydrogens (tertiary/aromatic N) is 3. The van der Waals surface area contributed by atoms with Crippen molar-refractivity contribution in [1.29, 1.82) is 0 Å². The van der Waals surface area contributed by atoms with E-state index >= 15 is 0 Å². The summed E-state index contributed by atoms with van der Waals surface area (Å²) in [4.78, 5) is 28.7. The van der Waals surface area contributed by atoms with Gasteiger partial charge >= 0.3 is 5.91 Å². The number of ketones is 1. The van der Waals surface area contributed by atoms with Gasteiger partial charge in [-0.3, -0.25) is 14.5 Å². The summed E-state index contributed by atoms with van der Waals surface area (Å²) >= 11 is 2.52. The molecule has 0 aliphatic carbocycles. The summed E-state index contributed by atoms with van der Waals surface area (Å²) in [5.41, 5.74) is 2.58. The number of fused-ring (bicyclic) bond motifs is 1. The first-order valence-corrected chi connectivity index (χ1v) is 16.4. The predicted molar refractivity (Wildman–Crippen MR) is 175 cm³/mol. The van der Waals surface area contributed by atoms with Crippen molar-refractivity contribution in [1.82, 2.24) is 10.2 Å². The molecule has 1 fully saturated rings. The fraction of sp³-hybridized carbons (Fsp3) is 0.143. The second-order valence-corrected chi connectivity index (χ2v) is 12.8. The molecule has 1 saturated heterocycles. The minimum atomic E-state index is -1.04. The van der Waals surface area contributed by atoms with E-state index < -0.39 is 17.7 Å². The lowest BCUT2D eigenvalue weighted by Crippen LogP contribution is -2.29. The van der Waals surface area contributed by atoms with Crippen LogP contribution in [0.3, 0.4) is 0 Å². The van der Waals surface area contributed by atoms with Gasteiger partial charge in [0.1, 0.15) is 37.1 Å². The van der Waals surface area contributed by atoms with Crippen LogP contribution in [0.5, 0.6) is 17.2 Å². The van der Waals surface area contributed by atoms with Crippen LogP contribution in [0, 0.1) is 5.82 Å². The molecule has 0 spiro atoms. The fourth-order valence-electron chi connectivity index (χ4n) is 5.29. The van der Waals surface area contributed by atoms with Crippen molar-refractivity contribution < 1.29 is 33.3 Å². The van der Waals surface area contributed by atoms with Gasteiger partial charge in [-0.1, -0.05) is 77.7 Å². The summed E-state index contributed by atoms with van der Waals surface area (Å²) in [6.07, 6.45) is 0. The van der Waals surface area contributed by atoms with E-state index in [4.69, 9.17) is 14.2 Å². The van der Waals surface area contributed by atoms with E-state index in [2.05, 4.69) is 10.2 Å². The average molecular weight is 668 g/mol. The number of carbonyl (C=O) groups excluding carboxylic acids is 2. The van der Waals surface area contributed by atoms with Crippen molar-refractivity contribution in [3.8, 4) is 17.2 Å². The maximum atomic E-state index is 13.7. The summed E-state index contributed by atoms with van der Waals surface area (Å²) in [6.45, 7) is 1.06. The number of halogens is 1. The van der Waals surface area contributed by atoms with Crippen LogP contribution in [-0.2, 0) is 21.9 Å². The van der Waals surface area contributed by atoms with Crippen LogP contribution in [0.15, 0.2) is 107 Å². The third kappa shape index (κ3) is 6.42. The number of amides is 1. The molecular weight excluding hydrogens is 642 g/mol. The van der Waals surface area contributed by atoms with Crippen LogP contribution < -0.4 is 19.1 Å². The smallest absolute Gasteiger partial charge is 0.301 e. The number of benzene rings is 4. The second kappa shape index (κ2) is 13.3. The minimum Gasteiger partial charge on any atom is -0.507 e. The number of aliphatic hydroxyl groups excluding tert-OH is 1. The van der Waals surface area contributed by atoms with Crippen molar-refractivity contribution in [2.45, 2.75) is 22.7 Å². The molecule has 1 amide bonds. The molecule has 236 valence electrons. The molecule has 0 radical (unpaired) electrons. The van der Waals surface area contributed by atoms with E-state index in [9.17, 15) is 19.1 Å². The Labute approximate surface area is 277 Å². The third-order valence-electron chi connectivity index (χ3n) is 7.56. The standard InChI is InChI=1S/C35H26FN3O6S2/c36-25-12-9-22(10-13-25)20-46-35-38-37-34(47-35)39-30(23-7-4-8-26(17-23)45-19-21-5-2-1-3-6-21)29(32(41)33(39)42)31(40)24-11-14-27-28(18-24)44-16-15-43-27/h1-14,17-18,30,40H,15-16,19-20H2/b31-29+/t30-/m1/s1. The molecule has 1 N–H and O–H groups in total. The van der Waals surface area contributed by atoms with E-state index in [0.717, 1.165) is 22.5 Å². The Morgan fingerprint density at radius 3 is 2.51 bits per heavy atom. The normalized spacial score (nSPS) is 16.8. The van der Waals surface area contributed by atoms with Gasteiger partial charge in [-0.05, 0) is 59.2 Å². The quantitative estimate of drug-likeness (QED) is 0.0587. The van der Waals surface area contributed by atoms with Crippen LogP contribution in [-0.4, -0.2) is 40.2 Å². The highest BCUT2D eigenvalue weighted by molar-refractivity contribution is 8.00. The Morgan fingerprint density at radius 2 is 1.70 bits per heavy atom. The van der Waals surface area contributed by atoms with Gasteiger partial charge in [-0.15, -0.1) is 10.2 Å². The van der Waals surface area contributed by atoms with Gasteiger partial charge in [-0.25, -0.2) is 4.39 Å². The lowest BCUT2D eigenvalue weighted by Gasteiger charge is -2.23. The Balaban J connectivity index is 1.25. The zero-order chi connectivity index (χ0) is 32.3. The van der Waals surface area contributed by atoms with Gasteiger partial charge in [0, 0.05) is 11.3 Å². The minimum absolute atomic E-state index is 0.109.